The van der Waals surface area contributed by atoms with Crippen LogP contribution in [-0.2, 0) is 87.4 Å². The minimum atomic E-state index is -0.703. The number of benzene rings is 1. The number of nitrogens with zero attached hydrogens (tertiary/aromatic N) is 1. The standard InChI is InChI=1S/C47H76N2O18/c50-44-12-13-45(51)49(44)67-46(52)14-16-54-18-20-56-22-24-58-26-28-60-30-32-62-34-36-64-38-39-65-37-35-63-33-31-61-29-27-59-25-23-57-21-19-55-17-15-48-47(53)42-10-8-41(9-11-42)40-66-43-6-4-2-1-3-5-7-43/h1-2,8-11,43H,3-7,12-40H2,(H,48,53)/b2-1+. The Morgan fingerprint density at radius 2 is 0.881 bits per heavy atom. The topological polar surface area (TPSA) is 213 Å². The van der Waals surface area contributed by atoms with Crippen molar-refractivity contribution in [1.82, 2.24) is 10.4 Å². The number of ether oxygens (including phenoxy) is 13. The maximum absolute atomic E-state index is 12.5. The van der Waals surface area contributed by atoms with Gasteiger partial charge in [0.1, 0.15) is 0 Å². The quantitative estimate of drug-likeness (QED) is 0.0566. The molecule has 1 aliphatic heterocycles. The van der Waals surface area contributed by atoms with Gasteiger partial charge in [0, 0.05) is 24.9 Å². The summed E-state index contributed by atoms with van der Waals surface area (Å²) in [6.45, 7) is 11.1. The molecule has 2 aliphatic rings. The molecule has 1 unspecified atom stereocenters. The summed E-state index contributed by atoms with van der Waals surface area (Å²) in [7, 11) is 0. The first-order chi connectivity index (χ1) is 33.0. The van der Waals surface area contributed by atoms with Gasteiger partial charge in [0.2, 0.25) is 0 Å². The zero-order valence-electron chi connectivity index (χ0n) is 39.4. The highest BCUT2D eigenvalue weighted by Gasteiger charge is 2.32. The Labute approximate surface area is 395 Å². The summed E-state index contributed by atoms with van der Waals surface area (Å²) >= 11 is 0. The molecule has 0 bridgehead atoms. The molecular formula is C47H76N2O18. The lowest BCUT2D eigenvalue weighted by Gasteiger charge is -2.18. The SMILES string of the molecule is O=C(CCOCCOCCOCCOCCOCCOCCOCCOCCOCCOCCOCCOCCNC(=O)c1ccc(COC2CC/C=C/CCC2)cc1)ON1C(=O)CCC1=O. The molecule has 1 aromatic rings. The number of hydrogen-bond donors (Lipinski definition) is 1. The summed E-state index contributed by atoms with van der Waals surface area (Å²) in [5, 5.41) is 3.40. The van der Waals surface area contributed by atoms with Crippen molar-refractivity contribution in [1.29, 1.82) is 0 Å². The Bertz CT molecular complexity index is 1420. The third kappa shape index (κ3) is 32.1. The molecule has 20 heteroatoms. The van der Waals surface area contributed by atoms with Crippen LogP contribution < -0.4 is 5.32 Å². The van der Waals surface area contributed by atoms with Crippen LogP contribution in [0.25, 0.3) is 0 Å². The van der Waals surface area contributed by atoms with E-state index in [1.165, 1.54) is 0 Å². The molecule has 20 nitrogen and oxygen atoms in total. The van der Waals surface area contributed by atoms with E-state index < -0.39 is 17.8 Å². The first kappa shape index (κ1) is 57.8. The Balaban J connectivity index is 0.911. The van der Waals surface area contributed by atoms with Crippen molar-refractivity contribution in [2.45, 2.75) is 64.1 Å². The number of carbonyl (C=O) groups excluding carboxylic acids is 4. The zero-order chi connectivity index (χ0) is 47.5. The van der Waals surface area contributed by atoms with E-state index in [-0.39, 0.29) is 38.4 Å². The lowest BCUT2D eigenvalue weighted by Crippen LogP contribution is -2.32. The predicted octanol–water partition coefficient (Wildman–Crippen LogP) is 3.02. The van der Waals surface area contributed by atoms with Gasteiger partial charge in [-0.05, 0) is 49.8 Å². The molecule has 1 aliphatic carbocycles. The van der Waals surface area contributed by atoms with Gasteiger partial charge in [-0.1, -0.05) is 24.3 Å². The summed E-state index contributed by atoms with van der Waals surface area (Å²) < 4.78 is 71.8. The van der Waals surface area contributed by atoms with Crippen LogP contribution >= 0.6 is 0 Å². The number of hydrogen-bond acceptors (Lipinski definition) is 18. The largest absolute Gasteiger partial charge is 0.378 e. The maximum atomic E-state index is 12.5. The Hall–Kier alpha value is -3.48. The maximum Gasteiger partial charge on any atom is 0.335 e. The van der Waals surface area contributed by atoms with Gasteiger partial charge >= 0.3 is 5.97 Å². The van der Waals surface area contributed by atoms with Crippen molar-refractivity contribution in [3.63, 3.8) is 0 Å². The van der Waals surface area contributed by atoms with Gasteiger partial charge < -0.3 is 71.7 Å². The fourth-order valence-electron chi connectivity index (χ4n) is 6.08. The molecule has 1 aromatic carbocycles. The van der Waals surface area contributed by atoms with E-state index >= 15 is 0 Å². The van der Waals surface area contributed by atoms with Gasteiger partial charge in [-0.25, -0.2) is 4.79 Å². The van der Waals surface area contributed by atoms with E-state index in [1.54, 1.807) is 0 Å². The van der Waals surface area contributed by atoms with Crippen molar-refractivity contribution in [3.05, 3.63) is 47.5 Å². The highest BCUT2D eigenvalue weighted by atomic mass is 16.7. The van der Waals surface area contributed by atoms with Crippen molar-refractivity contribution in [2.24, 2.45) is 0 Å². The number of allylic oxidation sites excluding steroid dienone is 2. The van der Waals surface area contributed by atoms with Crippen LogP contribution in [0.15, 0.2) is 36.4 Å². The molecule has 1 fully saturated rings. The zero-order valence-corrected chi connectivity index (χ0v) is 39.4. The van der Waals surface area contributed by atoms with Crippen LogP contribution in [0.4, 0.5) is 0 Å². The summed E-state index contributed by atoms with van der Waals surface area (Å²) in [4.78, 5) is 51.8. The molecule has 67 heavy (non-hydrogen) atoms. The number of hydroxylamine groups is 2. The third-order valence-electron chi connectivity index (χ3n) is 9.69. The minimum Gasteiger partial charge on any atom is -0.378 e. The van der Waals surface area contributed by atoms with Crippen LogP contribution in [0.3, 0.4) is 0 Å². The van der Waals surface area contributed by atoms with E-state index in [9.17, 15) is 19.2 Å². The molecule has 1 N–H and O–H groups in total. The van der Waals surface area contributed by atoms with Crippen molar-refractivity contribution in [3.8, 4) is 0 Å². The second-order valence-corrected chi connectivity index (χ2v) is 15.0. The van der Waals surface area contributed by atoms with Crippen molar-refractivity contribution < 1.29 is 85.6 Å². The van der Waals surface area contributed by atoms with Crippen LogP contribution in [0.1, 0.15) is 67.3 Å². The van der Waals surface area contributed by atoms with E-state index in [1.807, 2.05) is 24.3 Å². The number of rotatable bonds is 44. The number of carbonyl (C=O) groups is 4. The van der Waals surface area contributed by atoms with E-state index in [0.717, 1.165) is 37.7 Å². The van der Waals surface area contributed by atoms with Gasteiger partial charge in [0.25, 0.3) is 17.7 Å². The summed E-state index contributed by atoms with van der Waals surface area (Å²) in [5.41, 5.74) is 1.68. The molecular weight excluding hydrogens is 881 g/mol. The van der Waals surface area contributed by atoms with Crippen molar-refractivity contribution in [2.75, 3.05) is 165 Å². The van der Waals surface area contributed by atoms with Crippen LogP contribution in [0.5, 0.6) is 0 Å². The lowest BCUT2D eigenvalue weighted by atomic mass is 10.0. The lowest BCUT2D eigenvalue weighted by molar-refractivity contribution is -0.198. The number of amides is 3. The summed E-state index contributed by atoms with van der Waals surface area (Å²) in [6, 6.07) is 7.58. The second kappa shape index (κ2) is 41.5. The highest BCUT2D eigenvalue weighted by Crippen LogP contribution is 2.18. The van der Waals surface area contributed by atoms with E-state index in [4.69, 9.17) is 66.4 Å². The smallest absolute Gasteiger partial charge is 0.335 e. The average molecular weight is 957 g/mol. The Kier molecular flexibility index (Phi) is 35.8. The van der Waals surface area contributed by atoms with Gasteiger partial charge in [-0.3, -0.25) is 14.4 Å². The first-order valence-corrected chi connectivity index (χ1v) is 23.7. The highest BCUT2D eigenvalue weighted by molar-refractivity contribution is 6.01. The van der Waals surface area contributed by atoms with Gasteiger partial charge in [-0.2, -0.15) is 0 Å². The molecule has 0 aromatic heterocycles. The fraction of sp³-hybridized carbons (Fsp3) is 0.745. The number of nitrogens with one attached hydrogen (secondary N) is 1. The van der Waals surface area contributed by atoms with E-state index in [0.29, 0.717) is 175 Å². The molecule has 1 heterocycles. The van der Waals surface area contributed by atoms with Crippen LogP contribution in [-0.4, -0.2) is 200 Å². The Morgan fingerprint density at radius 1 is 0.493 bits per heavy atom. The summed E-state index contributed by atoms with van der Waals surface area (Å²) in [6.07, 6.45) is 10.3. The molecule has 0 radical (unpaired) electrons. The monoisotopic (exact) mass is 957 g/mol. The van der Waals surface area contributed by atoms with Crippen LogP contribution in [0.2, 0.25) is 0 Å². The van der Waals surface area contributed by atoms with E-state index in [2.05, 4.69) is 17.5 Å². The van der Waals surface area contributed by atoms with Gasteiger partial charge in [0.05, 0.1) is 178 Å². The molecule has 0 saturated carbocycles. The molecule has 3 amide bonds. The molecule has 1 atom stereocenters. The predicted molar refractivity (Wildman–Crippen MR) is 241 cm³/mol. The first-order valence-electron chi connectivity index (χ1n) is 23.7. The second-order valence-electron chi connectivity index (χ2n) is 15.0. The minimum absolute atomic E-state index is 0.0545. The molecule has 382 valence electrons. The fourth-order valence-corrected chi connectivity index (χ4v) is 6.08. The third-order valence-corrected chi connectivity index (χ3v) is 9.69. The molecule has 0 spiro atoms. The number of imide groups is 1. The van der Waals surface area contributed by atoms with Crippen molar-refractivity contribution >= 4 is 23.7 Å². The van der Waals surface area contributed by atoms with Crippen LogP contribution in [0, 0.1) is 0 Å². The molecule has 1 saturated heterocycles. The Morgan fingerprint density at radius 3 is 1.31 bits per heavy atom. The normalized spacial score (nSPS) is 15.8. The summed E-state index contributed by atoms with van der Waals surface area (Å²) in [5.74, 6) is -1.86. The average Bonchev–Trinajstić information content (AvgIpc) is 3.64. The molecule has 3 rings (SSSR count). The van der Waals surface area contributed by atoms with Gasteiger partial charge in [0.15, 0.2) is 0 Å². The van der Waals surface area contributed by atoms with Gasteiger partial charge in [-0.15, -0.1) is 5.06 Å².